The Hall–Kier alpha value is -1.18. The highest BCUT2D eigenvalue weighted by Gasteiger charge is 2.07. The molecule has 1 aromatic carbocycles. The van der Waals surface area contributed by atoms with Crippen molar-refractivity contribution < 1.29 is 0 Å². The topological polar surface area (TPSA) is 38.0 Å². The summed E-state index contributed by atoms with van der Waals surface area (Å²) in [4.78, 5) is 0. The van der Waals surface area contributed by atoms with Gasteiger partial charge in [-0.3, -0.25) is 0 Å². The molecule has 1 rings (SSSR count). The molecule has 0 fully saturated rings. The van der Waals surface area contributed by atoms with Crippen LogP contribution in [0.25, 0.3) is 0 Å². The average molecular weight is 234 g/mol. The molecule has 0 heterocycles. The highest BCUT2D eigenvalue weighted by molar-refractivity contribution is 5.70. The quantitative estimate of drug-likeness (QED) is 0.724. The Kier molecular flexibility index (Phi) is 5.33. The van der Waals surface area contributed by atoms with Gasteiger partial charge in [-0.15, -0.1) is 0 Å². The summed E-state index contributed by atoms with van der Waals surface area (Å²) < 4.78 is 0. The molecule has 1 aromatic rings. The Bertz CT molecular complexity index is 325. The van der Waals surface area contributed by atoms with Crippen LogP contribution in [0, 0.1) is 12.8 Å². The van der Waals surface area contributed by atoms with Gasteiger partial charge in [0, 0.05) is 6.04 Å². The van der Waals surface area contributed by atoms with Crippen molar-refractivity contribution in [3.63, 3.8) is 0 Å². The number of benzene rings is 1. The van der Waals surface area contributed by atoms with Gasteiger partial charge in [-0.2, -0.15) is 0 Å². The minimum atomic E-state index is 0.483. The van der Waals surface area contributed by atoms with E-state index in [0.717, 1.165) is 17.3 Å². The van der Waals surface area contributed by atoms with E-state index in [4.69, 9.17) is 5.73 Å². The van der Waals surface area contributed by atoms with Gasteiger partial charge in [0.25, 0.3) is 0 Å². The van der Waals surface area contributed by atoms with Gasteiger partial charge >= 0.3 is 0 Å². The van der Waals surface area contributed by atoms with E-state index in [1.807, 2.05) is 12.1 Å². The maximum absolute atomic E-state index is 5.98. The molecule has 0 aromatic heterocycles. The number of anilines is 2. The Labute approximate surface area is 106 Å². The second-order valence-electron chi connectivity index (χ2n) is 5.41. The van der Waals surface area contributed by atoms with E-state index in [-0.39, 0.29) is 0 Å². The summed E-state index contributed by atoms with van der Waals surface area (Å²) in [6.45, 7) is 8.88. The van der Waals surface area contributed by atoms with Crippen LogP contribution >= 0.6 is 0 Å². The number of aryl methyl sites for hydroxylation is 1. The molecule has 1 unspecified atom stereocenters. The molecular weight excluding hydrogens is 208 g/mol. The van der Waals surface area contributed by atoms with Crippen molar-refractivity contribution in [2.24, 2.45) is 5.92 Å². The standard InChI is InChI=1S/C15H26N2/c1-11(2)7-5-9-13(4)17-15-12(3)8-6-10-14(15)16/h6,8,10-11,13,17H,5,7,9,16H2,1-4H3. The van der Waals surface area contributed by atoms with Crippen LogP contribution in [0.15, 0.2) is 18.2 Å². The maximum Gasteiger partial charge on any atom is 0.0605 e. The molecule has 0 aliphatic heterocycles. The van der Waals surface area contributed by atoms with Gasteiger partial charge in [-0.05, 0) is 37.8 Å². The molecule has 17 heavy (non-hydrogen) atoms. The van der Waals surface area contributed by atoms with Crippen LogP contribution in [0.4, 0.5) is 11.4 Å². The fourth-order valence-corrected chi connectivity index (χ4v) is 2.04. The van der Waals surface area contributed by atoms with E-state index in [0.29, 0.717) is 6.04 Å². The summed E-state index contributed by atoms with van der Waals surface area (Å²) >= 11 is 0. The Morgan fingerprint density at radius 2 is 1.88 bits per heavy atom. The number of nitrogens with two attached hydrogens (primary N) is 1. The van der Waals surface area contributed by atoms with Gasteiger partial charge in [0.2, 0.25) is 0 Å². The average Bonchev–Trinajstić information content (AvgIpc) is 2.23. The molecule has 0 aliphatic carbocycles. The number of nitrogens with one attached hydrogen (secondary N) is 1. The zero-order valence-electron chi connectivity index (χ0n) is 11.6. The van der Waals surface area contributed by atoms with Crippen molar-refractivity contribution in [2.45, 2.75) is 53.0 Å². The second-order valence-corrected chi connectivity index (χ2v) is 5.41. The zero-order chi connectivity index (χ0) is 12.8. The molecule has 2 heteroatoms. The van der Waals surface area contributed by atoms with Crippen molar-refractivity contribution in [1.82, 2.24) is 0 Å². The third-order valence-electron chi connectivity index (χ3n) is 3.11. The maximum atomic E-state index is 5.98. The van der Waals surface area contributed by atoms with E-state index in [9.17, 15) is 0 Å². The minimum absolute atomic E-state index is 0.483. The normalized spacial score (nSPS) is 12.8. The summed E-state index contributed by atoms with van der Waals surface area (Å²) in [6, 6.07) is 6.53. The molecule has 0 aliphatic rings. The van der Waals surface area contributed by atoms with Crippen molar-refractivity contribution >= 4 is 11.4 Å². The number of nitrogen functional groups attached to an aromatic ring is 1. The predicted molar refractivity (Wildman–Crippen MR) is 77.4 cm³/mol. The zero-order valence-corrected chi connectivity index (χ0v) is 11.6. The Morgan fingerprint density at radius 3 is 2.47 bits per heavy atom. The molecule has 0 radical (unpaired) electrons. The van der Waals surface area contributed by atoms with E-state index in [1.165, 1.54) is 24.8 Å². The van der Waals surface area contributed by atoms with Gasteiger partial charge in [0.15, 0.2) is 0 Å². The summed E-state index contributed by atoms with van der Waals surface area (Å²) in [5.41, 5.74) is 9.16. The van der Waals surface area contributed by atoms with E-state index in [2.05, 4.69) is 39.1 Å². The summed E-state index contributed by atoms with van der Waals surface area (Å²) in [5.74, 6) is 0.797. The number of para-hydroxylation sites is 1. The van der Waals surface area contributed by atoms with Gasteiger partial charge in [0.05, 0.1) is 11.4 Å². The van der Waals surface area contributed by atoms with Crippen molar-refractivity contribution in [3.05, 3.63) is 23.8 Å². The highest BCUT2D eigenvalue weighted by Crippen LogP contribution is 2.24. The largest absolute Gasteiger partial charge is 0.397 e. The molecule has 3 N–H and O–H groups in total. The van der Waals surface area contributed by atoms with E-state index in [1.54, 1.807) is 0 Å². The van der Waals surface area contributed by atoms with Crippen LogP contribution in [0.5, 0.6) is 0 Å². The van der Waals surface area contributed by atoms with Crippen molar-refractivity contribution in [1.29, 1.82) is 0 Å². The van der Waals surface area contributed by atoms with Crippen LogP contribution in [-0.4, -0.2) is 6.04 Å². The van der Waals surface area contributed by atoms with Crippen LogP contribution in [0.2, 0.25) is 0 Å². The monoisotopic (exact) mass is 234 g/mol. The molecule has 0 bridgehead atoms. The van der Waals surface area contributed by atoms with E-state index < -0.39 is 0 Å². The second kappa shape index (κ2) is 6.53. The molecule has 96 valence electrons. The van der Waals surface area contributed by atoms with Gasteiger partial charge < -0.3 is 11.1 Å². The lowest BCUT2D eigenvalue weighted by Crippen LogP contribution is -2.17. The smallest absolute Gasteiger partial charge is 0.0605 e. The molecular formula is C15H26N2. The first-order chi connectivity index (χ1) is 8.00. The summed E-state index contributed by atoms with van der Waals surface area (Å²) in [6.07, 6.45) is 3.78. The van der Waals surface area contributed by atoms with Crippen LogP contribution < -0.4 is 11.1 Å². The van der Waals surface area contributed by atoms with Crippen LogP contribution in [0.1, 0.15) is 45.6 Å². The Balaban J connectivity index is 2.47. The first-order valence-corrected chi connectivity index (χ1v) is 6.62. The summed E-state index contributed by atoms with van der Waals surface area (Å²) in [5, 5.41) is 3.53. The fourth-order valence-electron chi connectivity index (χ4n) is 2.04. The number of hydrogen-bond donors (Lipinski definition) is 2. The molecule has 0 saturated carbocycles. The van der Waals surface area contributed by atoms with E-state index >= 15 is 0 Å². The molecule has 0 amide bonds. The van der Waals surface area contributed by atoms with Gasteiger partial charge in [-0.1, -0.05) is 38.8 Å². The lowest BCUT2D eigenvalue weighted by Gasteiger charge is -2.19. The molecule has 0 spiro atoms. The first kappa shape index (κ1) is 13.9. The predicted octanol–water partition coefficient (Wildman–Crippen LogP) is 4.20. The third kappa shape index (κ3) is 4.68. The van der Waals surface area contributed by atoms with Crippen LogP contribution in [0.3, 0.4) is 0 Å². The number of rotatable bonds is 6. The van der Waals surface area contributed by atoms with Crippen molar-refractivity contribution in [2.75, 3.05) is 11.1 Å². The number of hydrogen-bond acceptors (Lipinski definition) is 2. The van der Waals surface area contributed by atoms with Gasteiger partial charge in [0.1, 0.15) is 0 Å². The van der Waals surface area contributed by atoms with Gasteiger partial charge in [-0.25, -0.2) is 0 Å². The first-order valence-electron chi connectivity index (χ1n) is 6.62. The third-order valence-corrected chi connectivity index (χ3v) is 3.11. The van der Waals surface area contributed by atoms with Crippen LogP contribution in [-0.2, 0) is 0 Å². The SMILES string of the molecule is Cc1cccc(N)c1NC(C)CCCC(C)C. The molecule has 0 saturated heterocycles. The Morgan fingerprint density at radius 1 is 1.18 bits per heavy atom. The lowest BCUT2D eigenvalue weighted by molar-refractivity contribution is 0.520. The highest BCUT2D eigenvalue weighted by atomic mass is 14.9. The summed E-state index contributed by atoms with van der Waals surface area (Å²) in [7, 11) is 0. The molecule has 2 nitrogen and oxygen atoms in total. The minimum Gasteiger partial charge on any atom is -0.397 e. The molecule has 1 atom stereocenters. The van der Waals surface area contributed by atoms with Crippen molar-refractivity contribution in [3.8, 4) is 0 Å². The fraction of sp³-hybridized carbons (Fsp3) is 0.600. The lowest BCUT2D eigenvalue weighted by atomic mass is 10.0.